The average molecular weight is 313 g/mol. The number of anilines is 1. The van der Waals surface area contributed by atoms with Gasteiger partial charge in [0.2, 0.25) is 5.91 Å². The van der Waals surface area contributed by atoms with Gasteiger partial charge in [0.05, 0.1) is 17.6 Å². The Hall–Kier alpha value is -2.15. The predicted molar refractivity (Wildman–Crippen MR) is 75.6 cm³/mol. The number of carbonyl (C=O) groups is 2. The molecule has 0 N–H and O–H groups in total. The van der Waals surface area contributed by atoms with Crippen LogP contribution >= 0.6 is 11.6 Å². The van der Waals surface area contributed by atoms with Crippen molar-refractivity contribution in [3.05, 3.63) is 33.9 Å². The van der Waals surface area contributed by atoms with E-state index in [1.165, 1.54) is 24.1 Å². The number of rotatable bonds is 4. The number of amides is 1. The van der Waals surface area contributed by atoms with Crippen molar-refractivity contribution in [3.8, 4) is 0 Å². The van der Waals surface area contributed by atoms with Crippen LogP contribution in [-0.2, 0) is 9.53 Å². The first-order valence-electron chi connectivity index (χ1n) is 6.21. The van der Waals surface area contributed by atoms with Gasteiger partial charge < -0.3 is 9.64 Å². The summed E-state index contributed by atoms with van der Waals surface area (Å²) in [5.41, 5.74) is -0.0692. The van der Waals surface area contributed by atoms with Gasteiger partial charge in [0.15, 0.2) is 0 Å². The van der Waals surface area contributed by atoms with Crippen molar-refractivity contribution in [2.45, 2.75) is 6.42 Å². The molecule has 1 aliphatic rings. The standard InChI is InChI=1S/C13H13ClN2O5/c1-21-13(18)9-2-3-10(11(5-9)16(19)20)15-7-8(6-14)4-12(15)17/h2-3,5,8H,4,6-7H2,1H3. The van der Waals surface area contributed by atoms with Gasteiger partial charge in [-0.2, -0.15) is 0 Å². The third kappa shape index (κ3) is 2.97. The van der Waals surface area contributed by atoms with Crippen LogP contribution in [0.4, 0.5) is 11.4 Å². The number of nitrogens with zero attached hydrogens (tertiary/aromatic N) is 2. The molecular weight excluding hydrogens is 300 g/mol. The second-order valence-corrected chi connectivity index (χ2v) is 4.99. The third-order valence-corrected chi connectivity index (χ3v) is 3.74. The predicted octanol–water partition coefficient (Wildman–Crippen LogP) is 1.97. The van der Waals surface area contributed by atoms with E-state index in [1.807, 2.05) is 0 Å². The van der Waals surface area contributed by atoms with Gasteiger partial charge in [-0.25, -0.2) is 4.79 Å². The molecule has 1 unspecified atom stereocenters. The molecule has 1 fully saturated rings. The molecule has 1 aromatic rings. The van der Waals surface area contributed by atoms with E-state index in [1.54, 1.807) is 0 Å². The molecule has 2 rings (SSSR count). The van der Waals surface area contributed by atoms with E-state index in [-0.39, 0.29) is 35.2 Å². The fourth-order valence-electron chi connectivity index (χ4n) is 2.26. The van der Waals surface area contributed by atoms with Crippen LogP contribution in [0.1, 0.15) is 16.8 Å². The number of methoxy groups -OCH3 is 1. The lowest BCUT2D eigenvalue weighted by molar-refractivity contribution is -0.384. The number of nitro groups is 1. The number of hydrogen-bond acceptors (Lipinski definition) is 5. The lowest BCUT2D eigenvalue weighted by atomic mass is 10.1. The van der Waals surface area contributed by atoms with Crippen molar-refractivity contribution in [3.63, 3.8) is 0 Å². The summed E-state index contributed by atoms with van der Waals surface area (Å²) < 4.78 is 4.53. The molecule has 1 amide bonds. The molecule has 0 saturated carbocycles. The summed E-state index contributed by atoms with van der Waals surface area (Å²) in [5.74, 6) is -0.597. The summed E-state index contributed by atoms with van der Waals surface area (Å²) in [5, 5.41) is 11.2. The van der Waals surface area contributed by atoms with Crippen LogP contribution in [-0.4, -0.2) is 36.3 Å². The topological polar surface area (TPSA) is 89.8 Å². The summed E-state index contributed by atoms with van der Waals surface area (Å²) >= 11 is 5.74. The maximum atomic E-state index is 11.9. The Kier molecular flexibility index (Phi) is 4.42. The number of alkyl halides is 1. The van der Waals surface area contributed by atoms with E-state index in [0.29, 0.717) is 12.4 Å². The maximum absolute atomic E-state index is 11.9. The van der Waals surface area contributed by atoms with Gasteiger partial charge >= 0.3 is 5.97 Å². The minimum Gasteiger partial charge on any atom is -0.465 e. The molecule has 1 aliphatic heterocycles. The number of esters is 1. The van der Waals surface area contributed by atoms with Crippen LogP contribution in [0.25, 0.3) is 0 Å². The molecule has 8 heteroatoms. The van der Waals surface area contributed by atoms with Crippen LogP contribution in [0.3, 0.4) is 0 Å². The first-order valence-corrected chi connectivity index (χ1v) is 6.74. The van der Waals surface area contributed by atoms with E-state index >= 15 is 0 Å². The van der Waals surface area contributed by atoms with Crippen molar-refractivity contribution in [2.24, 2.45) is 5.92 Å². The van der Waals surface area contributed by atoms with Crippen LogP contribution in [0.5, 0.6) is 0 Å². The van der Waals surface area contributed by atoms with E-state index in [0.717, 1.165) is 6.07 Å². The lowest BCUT2D eigenvalue weighted by Crippen LogP contribution is -2.25. The fourth-order valence-corrected chi connectivity index (χ4v) is 2.47. The van der Waals surface area contributed by atoms with E-state index in [9.17, 15) is 19.7 Å². The molecule has 0 spiro atoms. The second-order valence-electron chi connectivity index (χ2n) is 4.68. The van der Waals surface area contributed by atoms with Crippen LogP contribution in [0.2, 0.25) is 0 Å². The first kappa shape index (κ1) is 15.2. The van der Waals surface area contributed by atoms with Crippen molar-refractivity contribution in [1.29, 1.82) is 0 Å². The molecule has 1 aromatic carbocycles. The Morgan fingerprint density at radius 1 is 1.57 bits per heavy atom. The van der Waals surface area contributed by atoms with Crippen molar-refractivity contribution >= 4 is 34.9 Å². The normalized spacial score (nSPS) is 17.9. The monoisotopic (exact) mass is 312 g/mol. The van der Waals surface area contributed by atoms with Crippen LogP contribution in [0.15, 0.2) is 18.2 Å². The van der Waals surface area contributed by atoms with Gasteiger partial charge in [0.1, 0.15) is 5.69 Å². The number of carbonyl (C=O) groups excluding carboxylic acids is 2. The van der Waals surface area contributed by atoms with Crippen molar-refractivity contribution < 1.29 is 19.2 Å². The Balaban J connectivity index is 2.42. The molecule has 1 atom stereocenters. The highest BCUT2D eigenvalue weighted by Crippen LogP contribution is 2.34. The summed E-state index contributed by atoms with van der Waals surface area (Å²) in [6.45, 7) is 0.334. The van der Waals surface area contributed by atoms with Gasteiger partial charge in [-0.3, -0.25) is 14.9 Å². The number of nitro benzene ring substituents is 1. The van der Waals surface area contributed by atoms with E-state index in [2.05, 4.69) is 4.74 Å². The maximum Gasteiger partial charge on any atom is 0.338 e. The van der Waals surface area contributed by atoms with Gasteiger partial charge in [-0.1, -0.05) is 0 Å². The quantitative estimate of drug-likeness (QED) is 0.367. The van der Waals surface area contributed by atoms with Gasteiger partial charge in [-0.15, -0.1) is 11.6 Å². The molecule has 7 nitrogen and oxygen atoms in total. The summed E-state index contributed by atoms with van der Waals surface area (Å²) in [7, 11) is 1.19. The number of hydrogen-bond donors (Lipinski definition) is 0. The number of halogens is 1. The summed E-state index contributed by atoms with van der Waals surface area (Å²) in [6, 6.07) is 3.90. The lowest BCUT2D eigenvalue weighted by Gasteiger charge is -2.16. The zero-order valence-electron chi connectivity index (χ0n) is 11.2. The smallest absolute Gasteiger partial charge is 0.338 e. The highest BCUT2D eigenvalue weighted by Gasteiger charge is 2.34. The molecule has 112 valence electrons. The van der Waals surface area contributed by atoms with Gasteiger partial charge in [-0.05, 0) is 18.1 Å². The van der Waals surface area contributed by atoms with Gasteiger partial charge in [0.25, 0.3) is 5.69 Å². The minimum absolute atomic E-state index is 0.0287. The molecule has 1 saturated heterocycles. The third-order valence-electron chi connectivity index (χ3n) is 3.31. The van der Waals surface area contributed by atoms with Crippen LogP contribution in [0, 0.1) is 16.0 Å². The van der Waals surface area contributed by atoms with Gasteiger partial charge in [0, 0.05) is 24.9 Å². The number of ether oxygens (including phenoxy) is 1. The molecule has 0 bridgehead atoms. The Bertz CT molecular complexity index is 604. The highest BCUT2D eigenvalue weighted by atomic mass is 35.5. The number of benzene rings is 1. The molecular formula is C13H13ClN2O5. The van der Waals surface area contributed by atoms with Crippen molar-refractivity contribution in [1.82, 2.24) is 0 Å². The molecule has 1 heterocycles. The molecule has 0 aromatic heterocycles. The molecule has 0 aliphatic carbocycles. The fraction of sp³-hybridized carbons (Fsp3) is 0.385. The Labute approximate surface area is 125 Å². The zero-order chi connectivity index (χ0) is 15.6. The SMILES string of the molecule is COC(=O)c1ccc(N2CC(CCl)CC2=O)c([N+](=O)[O-])c1. The molecule has 0 radical (unpaired) electrons. The zero-order valence-corrected chi connectivity index (χ0v) is 12.0. The van der Waals surface area contributed by atoms with E-state index in [4.69, 9.17) is 11.6 Å². The van der Waals surface area contributed by atoms with Crippen molar-refractivity contribution in [2.75, 3.05) is 24.4 Å². The minimum atomic E-state index is -0.670. The second kappa shape index (κ2) is 6.09. The average Bonchev–Trinajstić information content (AvgIpc) is 2.86. The van der Waals surface area contributed by atoms with E-state index < -0.39 is 10.9 Å². The summed E-state index contributed by atoms with van der Waals surface area (Å²) in [6.07, 6.45) is 0.263. The largest absolute Gasteiger partial charge is 0.465 e. The first-order chi connectivity index (χ1) is 9.97. The Morgan fingerprint density at radius 2 is 2.29 bits per heavy atom. The van der Waals surface area contributed by atoms with Crippen LogP contribution < -0.4 is 4.90 Å². The highest BCUT2D eigenvalue weighted by molar-refractivity contribution is 6.18. The molecule has 21 heavy (non-hydrogen) atoms. The Morgan fingerprint density at radius 3 is 2.81 bits per heavy atom. The summed E-state index contributed by atoms with van der Waals surface area (Å²) in [4.78, 5) is 35.3.